The summed E-state index contributed by atoms with van der Waals surface area (Å²) in [6, 6.07) is 7.68. The molecule has 0 aromatic heterocycles. The molecular weight excluding hydrogens is 208 g/mol. The maximum absolute atomic E-state index is 6.04. The summed E-state index contributed by atoms with van der Waals surface area (Å²) in [4.78, 5) is 2.60. The van der Waals surface area contributed by atoms with Crippen molar-refractivity contribution in [2.75, 3.05) is 12.3 Å². The molecule has 17 heavy (non-hydrogen) atoms. The van der Waals surface area contributed by atoms with Crippen LogP contribution in [0.2, 0.25) is 0 Å². The number of benzene rings is 1. The quantitative estimate of drug-likeness (QED) is 0.812. The Morgan fingerprint density at radius 2 is 2.18 bits per heavy atom. The van der Waals surface area contributed by atoms with Gasteiger partial charge in [0.05, 0.1) is 0 Å². The molecule has 1 atom stereocenters. The van der Waals surface area contributed by atoms with Crippen molar-refractivity contribution < 1.29 is 0 Å². The molecule has 2 N–H and O–H groups in total. The lowest BCUT2D eigenvalue weighted by molar-refractivity contribution is 0.148. The number of nitrogens with two attached hydrogens (primary N) is 1. The van der Waals surface area contributed by atoms with Gasteiger partial charge in [-0.25, -0.2) is 0 Å². The number of likely N-dealkylation sites (N-methyl/N-ethyl adjacent to an activating group) is 1. The average Bonchev–Trinajstić information content (AvgIpc) is 2.29. The van der Waals surface area contributed by atoms with Crippen LogP contribution in [0.5, 0.6) is 0 Å². The van der Waals surface area contributed by atoms with Crippen LogP contribution >= 0.6 is 0 Å². The van der Waals surface area contributed by atoms with Gasteiger partial charge in [0.15, 0.2) is 0 Å². The van der Waals surface area contributed by atoms with Crippen molar-refractivity contribution in [3.63, 3.8) is 0 Å². The molecule has 1 aliphatic rings. The van der Waals surface area contributed by atoms with Crippen LogP contribution in [0, 0.1) is 0 Å². The summed E-state index contributed by atoms with van der Waals surface area (Å²) < 4.78 is 0. The van der Waals surface area contributed by atoms with E-state index in [-0.39, 0.29) is 0 Å². The molecule has 1 aromatic rings. The largest absolute Gasteiger partial charge is 0.398 e. The van der Waals surface area contributed by atoms with E-state index in [4.69, 9.17) is 5.73 Å². The molecule has 0 spiro atoms. The van der Waals surface area contributed by atoms with E-state index in [1.165, 1.54) is 17.5 Å². The van der Waals surface area contributed by atoms with Gasteiger partial charge in [0.2, 0.25) is 0 Å². The van der Waals surface area contributed by atoms with E-state index in [2.05, 4.69) is 37.8 Å². The lowest BCUT2D eigenvalue weighted by atomic mass is 9.86. The minimum atomic E-state index is 0.632. The number of hydrogen-bond acceptors (Lipinski definition) is 2. The van der Waals surface area contributed by atoms with E-state index in [0.29, 0.717) is 12.1 Å². The van der Waals surface area contributed by atoms with Crippen molar-refractivity contribution in [3.05, 3.63) is 29.3 Å². The Morgan fingerprint density at radius 1 is 1.41 bits per heavy atom. The standard InChI is InChI=1S/C15H24N2/c1-4-17(11(2)3)13-8-9-14-12(10-13)6-5-7-15(14)16/h5-7,11,13H,4,8-10,16H2,1-3H3. The minimum absolute atomic E-state index is 0.632. The summed E-state index contributed by atoms with van der Waals surface area (Å²) in [7, 11) is 0. The minimum Gasteiger partial charge on any atom is -0.398 e. The van der Waals surface area contributed by atoms with Gasteiger partial charge in [-0.2, -0.15) is 0 Å². The molecule has 0 fully saturated rings. The van der Waals surface area contributed by atoms with Crippen LogP contribution in [0.4, 0.5) is 5.69 Å². The second-order valence-electron chi connectivity index (χ2n) is 5.31. The van der Waals surface area contributed by atoms with Crippen molar-refractivity contribution in [1.29, 1.82) is 0 Å². The second-order valence-corrected chi connectivity index (χ2v) is 5.31. The Bertz CT molecular complexity index is 385. The number of rotatable bonds is 3. The fraction of sp³-hybridized carbons (Fsp3) is 0.600. The topological polar surface area (TPSA) is 29.3 Å². The van der Waals surface area contributed by atoms with Gasteiger partial charge in [-0.15, -0.1) is 0 Å². The van der Waals surface area contributed by atoms with E-state index in [1.54, 1.807) is 0 Å². The van der Waals surface area contributed by atoms with Crippen molar-refractivity contribution in [2.24, 2.45) is 0 Å². The van der Waals surface area contributed by atoms with Crippen molar-refractivity contribution >= 4 is 5.69 Å². The van der Waals surface area contributed by atoms with Crippen LogP contribution in [0.1, 0.15) is 38.3 Å². The van der Waals surface area contributed by atoms with Crippen LogP contribution < -0.4 is 5.73 Å². The van der Waals surface area contributed by atoms with Gasteiger partial charge in [-0.1, -0.05) is 19.1 Å². The third-order valence-corrected chi connectivity index (χ3v) is 3.99. The fourth-order valence-corrected chi connectivity index (χ4v) is 3.15. The zero-order chi connectivity index (χ0) is 12.4. The number of fused-ring (bicyclic) bond motifs is 1. The Labute approximate surface area is 105 Å². The van der Waals surface area contributed by atoms with Crippen molar-refractivity contribution in [3.8, 4) is 0 Å². The SMILES string of the molecule is CCN(C(C)C)C1CCc2c(N)cccc2C1. The Balaban J connectivity index is 2.18. The molecule has 0 radical (unpaired) electrons. The average molecular weight is 232 g/mol. The molecule has 2 nitrogen and oxygen atoms in total. The summed E-state index contributed by atoms with van der Waals surface area (Å²) in [6.07, 6.45) is 3.54. The van der Waals surface area contributed by atoms with Crippen LogP contribution in [0.25, 0.3) is 0 Å². The van der Waals surface area contributed by atoms with Crippen molar-refractivity contribution in [2.45, 2.75) is 52.1 Å². The highest BCUT2D eigenvalue weighted by molar-refractivity contribution is 5.52. The highest BCUT2D eigenvalue weighted by Crippen LogP contribution is 2.29. The highest BCUT2D eigenvalue weighted by Gasteiger charge is 2.25. The van der Waals surface area contributed by atoms with Gasteiger partial charge in [0, 0.05) is 17.8 Å². The third-order valence-electron chi connectivity index (χ3n) is 3.99. The molecule has 94 valence electrons. The van der Waals surface area contributed by atoms with Gasteiger partial charge < -0.3 is 5.73 Å². The monoisotopic (exact) mass is 232 g/mol. The van der Waals surface area contributed by atoms with E-state index in [9.17, 15) is 0 Å². The Hall–Kier alpha value is -1.02. The summed E-state index contributed by atoms with van der Waals surface area (Å²) in [5.41, 5.74) is 9.87. The van der Waals surface area contributed by atoms with Crippen LogP contribution in [-0.2, 0) is 12.8 Å². The molecule has 0 saturated carbocycles. The summed E-state index contributed by atoms with van der Waals surface area (Å²) in [5, 5.41) is 0. The van der Waals surface area contributed by atoms with Gasteiger partial charge >= 0.3 is 0 Å². The molecule has 1 aromatic carbocycles. The van der Waals surface area contributed by atoms with E-state index < -0.39 is 0 Å². The van der Waals surface area contributed by atoms with Crippen LogP contribution in [-0.4, -0.2) is 23.5 Å². The van der Waals surface area contributed by atoms with Gasteiger partial charge in [-0.05, 0) is 56.8 Å². The number of anilines is 1. The van der Waals surface area contributed by atoms with E-state index in [0.717, 1.165) is 25.1 Å². The van der Waals surface area contributed by atoms with Crippen LogP contribution in [0.15, 0.2) is 18.2 Å². The van der Waals surface area contributed by atoms with Gasteiger partial charge in [0.1, 0.15) is 0 Å². The molecule has 1 aliphatic carbocycles. The molecule has 0 heterocycles. The maximum atomic E-state index is 6.04. The third kappa shape index (κ3) is 2.47. The first kappa shape index (κ1) is 12.4. The molecule has 0 aliphatic heterocycles. The fourth-order valence-electron chi connectivity index (χ4n) is 3.15. The number of hydrogen-bond donors (Lipinski definition) is 1. The molecular formula is C15H24N2. The molecule has 2 heteroatoms. The van der Waals surface area contributed by atoms with Crippen LogP contribution in [0.3, 0.4) is 0 Å². The highest BCUT2D eigenvalue weighted by atomic mass is 15.2. The summed E-state index contributed by atoms with van der Waals surface area (Å²) >= 11 is 0. The second kappa shape index (κ2) is 5.09. The lowest BCUT2D eigenvalue weighted by Crippen LogP contribution is -2.43. The first-order valence-electron chi connectivity index (χ1n) is 6.75. The summed E-state index contributed by atoms with van der Waals surface area (Å²) in [5.74, 6) is 0. The van der Waals surface area contributed by atoms with Gasteiger partial charge in [0.25, 0.3) is 0 Å². The molecule has 0 saturated heterocycles. The predicted octanol–water partition coefficient (Wildman–Crippen LogP) is 2.86. The van der Waals surface area contributed by atoms with Crippen molar-refractivity contribution in [1.82, 2.24) is 4.90 Å². The normalized spacial score (nSPS) is 19.7. The zero-order valence-electron chi connectivity index (χ0n) is 11.2. The predicted molar refractivity (Wildman–Crippen MR) is 74.2 cm³/mol. The summed E-state index contributed by atoms with van der Waals surface area (Å²) in [6.45, 7) is 7.98. The Kier molecular flexibility index (Phi) is 3.72. The maximum Gasteiger partial charge on any atom is 0.0349 e. The zero-order valence-corrected chi connectivity index (χ0v) is 11.2. The molecule has 2 rings (SSSR count). The number of nitrogens with zero attached hydrogens (tertiary/aromatic N) is 1. The first-order valence-corrected chi connectivity index (χ1v) is 6.75. The Morgan fingerprint density at radius 3 is 2.82 bits per heavy atom. The smallest absolute Gasteiger partial charge is 0.0349 e. The van der Waals surface area contributed by atoms with Gasteiger partial charge in [-0.3, -0.25) is 4.90 Å². The molecule has 0 bridgehead atoms. The van der Waals surface area contributed by atoms with E-state index in [1.807, 2.05) is 6.07 Å². The first-order chi connectivity index (χ1) is 8.13. The van der Waals surface area contributed by atoms with E-state index >= 15 is 0 Å². The number of nitrogen functional groups attached to an aromatic ring is 1. The molecule has 1 unspecified atom stereocenters. The molecule has 0 amide bonds. The lowest BCUT2D eigenvalue weighted by Gasteiger charge is -2.37.